The molecule has 0 saturated carbocycles. The molecular weight excluding hydrogens is 460 g/mol. The van der Waals surface area contributed by atoms with E-state index in [0.717, 1.165) is 6.26 Å². The molecule has 0 radical (unpaired) electrons. The summed E-state index contributed by atoms with van der Waals surface area (Å²) in [5, 5.41) is 10.6. The second-order valence-corrected chi connectivity index (χ2v) is 11.4. The van der Waals surface area contributed by atoms with Crippen LogP contribution in [-0.2, 0) is 19.7 Å². The number of hydrogen-bond donors (Lipinski definition) is 1. The highest BCUT2D eigenvalue weighted by molar-refractivity contribution is 7.90. The normalized spacial score (nSPS) is 11.2. The minimum Gasteiger partial charge on any atom is -0.491 e. The van der Waals surface area contributed by atoms with E-state index in [1.165, 1.54) is 18.4 Å². The van der Waals surface area contributed by atoms with Crippen molar-refractivity contribution in [2.24, 2.45) is 0 Å². The summed E-state index contributed by atoms with van der Waals surface area (Å²) in [6.07, 6.45) is 3.14. The molecule has 0 bridgehead atoms. The van der Waals surface area contributed by atoms with E-state index in [2.05, 4.69) is 0 Å². The molecule has 2 rings (SSSR count). The number of hydrogen-bond acceptors (Lipinski definition) is 9. The standard InChI is InChI=1S/C10H13NO5S.C10H15NO3S/c1-17(14,15)8-4-7-16-10-6-3-2-5-9(10)11(12)13;1-15(12,13)8-4-7-14-10-6-3-2-5-9(10)11/h2-3,5-6H,4,7-8H2,1H3;2-3,5-6H,4,7-8,11H2,1H3. The molecule has 0 amide bonds. The third-order valence-electron chi connectivity index (χ3n) is 3.82. The van der Waals surface area contributed by atoms with Gasteiger partial charge in [0.05, 0.1) is 35.3 Å². The third-order valence-corrected chi connectivity index (χ3v) is 5.88. The first kappa shape index (κ1) is 27.2. The second-order valence-electron chi connectivity index (χ2n) is 6.93. The molecule has 0 heterocycles. The summed E-state index contributed by atoms with van der Waals surface area (Å²) in [5.74, 6) is 0.907. The Morgan fingerprint density at radius 2 is 1.25 bits per heavy atom. The van der Waals surface area contributed by atoms with E-state index in [0.29, 0.717) is 30.9 Å². The van der Waals surface area contributed by atoms with Crippen LogP contribution in [0.2, 0.25) is 0 Å². The van der Waals surface area contributed by atoms with Crippen LogP contribution in [0.25, 0.3) is 0 Å². The van der Waals surface area contributed by atoms with Gasteiger partial charge >= 0.3 is 5.69 Å². The second kappa shape index (κ2) is 12.9. The molecule has 178 valence electrons. The molecule has 0 fully saturated rings. The van der Waals surface area contributed by atoms with Crippen molar-refractivity contribution in [3.05, 3.63) is 58.6 Å². The average molecular weight is 489 g/mol. The van der Waals surface area contributed by atoms with Gasteiger partial charge < -0.3 is 15.2 Å². The highest BCUT2D eigenvalue weighted by atomic mass is 32.2. The number of sulfone groups is 2. The predicted octanol–water partition coefficient (Wildman–Crippen LogP) is 2.49. The average Bonchev–Trinajstić information content (AvgIpc) is 2.69. The van der Waals surface area contributed by atoms with Crippen molar-refractivity contribution in [2.45, 2.75) is 12.8 Å². The summed E-state index contributed by atoms with van der Waals surface area (Å²) in [4.78, 5) is 10.1. The summed E-state index contributed by atoms with van der Waals surface area (Å²) < 4.78 is 53.9. The number of nitro groups is 1. The van der Waals surface area contributed by atoms with Crippen LogP contribution < -0.4 is 15.2 Å². The van der Waals surface area contributed by atoms with Crippen molar-refractivity contribution in [3.8, 4) is 11.5 Å². The first-order valence-electron chi connectivity index (χ1n) is 9.58. The maximum atomic E-state index is 10.9. The molecule has 0 aliphatic carbocycles. The quantitative estimate of drug-likeness (QED) is 0.217. The van der Waals surface area contributed by atoms with Crippen molar-refractivity contribution >= 4 is 31.0 Å². The van der Waals surface area contributed by atoms with Crippen LogP contribution in [0.5, 0.6) is 11.5 Å². The maximum Gasteiger partial charge on any atom is 0.310 e. The fourth-order valence-corrected chi connectivity index (χ4v) is 3.63. The minimum atomic E-state index is -3.02. The van der Waals surface area contributed by atoms with Crippen molar-refractivity contribution in [1.82, 2.24) is 0 Å². The Labute approximate surface area is 188 Å². The number of nitro benzene ring substituents is 1. The van der Waals surface area contributed by atoms with E-state index in [-0.39, 0.29) is 29.5 Å². The van der Waals surface area contributed by atoms with Crippen LogP contribution in [0.1, 0.15) is 12.8 Å². The molecule has 0 aliphatic rings. The molecule has 2 aromatic carbocycles. The van der Waals surface area contributed by atoms with Crippen LogP contribution in [0.3, 0.4) is 0 Å². The monoisotopic (exact) mass is 488 g/mol. The first-order valence-corrected chi connectivity index (χ1v) is 13.7. The Morgan fingerprint density at radius 3 is 1.72 bits per heavy atom. The lowest BCUT2D eigenvalue weighted by molar-refractivity contribution is -0.385. The van der Waals surface area contributed by atoms with Crippen LogP contribution >= 0.6 is 0 Å². The first-order chi connectivity index (χ1) is 14.9. The maximum absolute atomic E-state index is 10.9. The Kier molecular flexibility index (Phi) is 10.9. The van der Waals surface area contributed by atoms with E-state index >= 15 is 0 Å². The zero-order valence-electron chi connectivity index (χ0n) is 18.0. The van der Waals surface area contributed by atoms with Crippen LogP contribution in [0.4, 0.5) is 11.4 Å². The molecule has 0 unspecified atom stereocenters. The number of nitrogens with two attached hydrogens (primary N) is 1. The number of nitrogen functional groups attached to an aromatic ring is 1. The van der Waals surface area contributed by atoms with Gasteiger partial charge in [0.2, 0.25) is 0 Å². The lowest BCUT2D eigenvalue weighted by Crippen LogP contribution is -2.08. The molecule has 0 aromatic heterocycles. The summed E-state index contributed by atoms with van der Waals surface area (Å²) in [6, 6.07) is 13.1. The SMILES string of the molecule is CS(=O)(=O)CCCOc1ccccc1N.CS(=O)(=O)CCCOc1ccccc1[N+](=O)[O-]. The van der Waals surface area contributed by atoms with Crippen molar-refractivity contribution in [3.63, 3.8) is 0 Å². The highest BCUT2D eigenvalue weighted by Gasteiger charge is 2.13. The zero-order valence-corrected chi connectivity index (χ0v) is 19.6. The van der Waals surface area contributed by atoms with Gasteiger partial charge in [-0.2, -0.15) is 0 Å². The number of rotatable bonds is 11. The molecule has 0 atom stereocenters. The van der Waals surface area contributed by atoms with Gasteiger partial charge in [0, 0.05) is 18.6 Å². The number of nitrogens with zero attached hydrogens (tertiary/aromatic N) is 1. The number of anilines is 1. The van der Waals surface area contributed by atoms with Crippen LogP contribution in [0, 0.1) is 10.1 Å². The topological polar surface area (TPSA) is 156 Å². The Bertz CT molecular complexity index is 1090. The molecule has 10 nitrogen and oxygen atoms in total. The van der Waals surface area contributed by atoms with Gasteiger partial charge in [-0.1, -0.05) is 24.3 Å². The fourth-order valence-electron chi connectivity index (χ4n) is 2.35. The number of benzene rings is 2. The van der Waals surface area contributed by atoms with Gasteiger partial charge in [0.25, 0.3) is 0 Å². The lowest BCUT2D eigenvalue weighted by Gasteiger charge is -2.07. The van der Waals surface area contributed by atoms with Gasteiger partial charge in [-0.25, -0.2) is 16.8 Å². The van der Waals surface area contributed by atoms with Gasteiger partial charge in [0.15, 0.2) is 5.75 Å². The summed E-state index contributed by atoms with van der Waals surface area (Å²) in [7, 11) is -5.92. The van der Waals surface area contributed by atoms with Crippen molar-refractivity contribution < 1.29 is 31.2 Å². The van der Waals surface area contributed by atoms with E-state index < -0.39 is 24.6 Å². The Balaban J connectivity index is 0.000000323. The van der Waals surface area contributed by atoms with Gasteiger partial charge in [-0.15, -0.1) is 0 Å². The fraction of sp³-hybridized carbons (Fsp3) is 0.400. The lowest BCUT2D eigenvalue weighted by atomic mass is 10.3. The van der Waals surface area contributed by atoms with E-state index in [1.807, 2.05) is 12.1 Å². The molecule has 0 aliphatic heterocycles. The highest BCUT2D eigenvalue weighted by Crippen LogP contribution is 2.25. The van der Waals surface area contributed by atoms with Crippen LogP contribution in [-0.4, -0.2) is 59.0 Å². The molecule has 12 heteroatoms. The molecule has 32 heavy (non-hydrogen) atoms. The third kappa shape index (κ3) is 12.1. The number of para-hydroxylation sites is 4. The Hall–Kier alpha value is -2.86. The molecule has 2 aromatic rings. The molecule has 0 spiro atoms. The van der Waals surface area contributed by atoms with Gasteiger partial charge in [0.1, 0.15) is 25.4 Å². The molecular formula is C20H28N2O8S2. The summed E-state index contributed by atoms with van der Waals surface area (Å²) in [6.45, 7) is 0.499. The van der Waals surface area contributed by atoms with Gasteiger partial charge in [-0.3, -0.25) is 10.1 Å². The number of ether oxygens (including phenoxy) is 2. The molecule has 2 N–H and O–H groups in total. The largest absolute Gasteiger partial charge is 0.491 e. The Morgan fingerprint density at radius 1 is 0.812 bits per heavy atom. The zero-order chi connectivity index (χ0) is 24.2. The van der Waals surface area contributed by atoms with Crippen molar-refractivity contribution in [1.29, 1.82) is 0 Å². The van der Waals surface area contributed by atoms with Crippen LogP contribution in [0.15, 0.2) is 48.5 Å². The van der Waals surface area contributed by atoms with E-state index in [9.17, 15) is 26.9 Å². The van der Waals surface area contributed by atoms with Gasteiger partial charge in [-0.05, 0) is 31.0 Å². The van der Waals surface area contributed by atoms with E-state index in [4.69, 9.17) is 15.2 Å². The summed E-state index contributed by atoms with van der Waals surface area (Å²) >= 11 is 0. The smallest absolute Gasteiger partial charge is 0.310 e. The predicted molar refractivity (Wildman–Crippen MR) is 124 cm³/mol. The van der Waals surface area contributed by atoms with E-state index in [1.54, 1.807) is 24.3 Å². The van der Waals surface area contributed by atoms with Crippen molar-refractivity contribution in [2.75, 3.05) is 43.0 Å². The summed E-state index contributed by atoms with van der Waals surface area (Å²) in [5.41, 5.74) is 6.09. The molecule has 0 saturated heterocycles. The minimum absolute atomic E-state index is 0.00757.